The number of hydrogen-bond donors (Lipinski definition) is 0. The lowest BCUT2D eigenvalue weighted by Crippen LogP contribution is -1.90. The molecule has 0 fully saturated rings. The summed E-state index contributed by atoms with van der Waals surface area (Å²) < 4.78 is 0. The zero-order valence-corrected chi connectivity index (χ0v) is 8.11. The van der Waals surface area contributed by atoms with Gasteiger partial charge in [-0.2, -0.15) is 0 Å². The fraction of sp³-hybridized carbons (Fsp3) is 0.300. The molecule has 1 nitrogen and oxygen atoms in total. The van der Waals surface area contributed by atoms with Crippen molar-refractivity contribution in [2.45, 2.75) is 13.8 Å². The molecule has 0 atom stereocenters. The van der Waals surface area contributed by atoms with Crippen LogP contribution >= 0.6 is 11.3 Å². The highest BCUT2D eigenvalue weighted by Crippen LogP contribution is 2.28. The molecule has 0 amide bonds. The zero-order chi connectivity index (χ0) is 8.55. The van der Waals surface area contributed by atoms with Crippen molar-refractivity contribution in [2.75, 3.05) is 6.54 Å². The van der Waals surface area contributed by atoms with Crippen LogP contribution in [0.4, 0.5) is 0 Å². The highest BCUT2D eigenvalue weighted by atomic mass is 32.1. The van der Waals surface area contributed by atoms with Gasteiger partial charge in [-0.25, -0.2) is 0 Å². The van der Waals surface area contributed by atoms with E-state index in [9.17, 15) is 0 Å². The van der Waals surface area contributed by atoms with Gasteiger partial charge in [0.2, 0.25) is 0 Å². The maximum Gasteiger partial charge on any atom is 0.0610 e. The normalized spacial score (nSPS) is 17.0. The van der Waals surface area contributed by atoms with E-state index < -0.39 is 0 Å². The van der Waals surface area contributed by atoms with E-state index in [1.165, 1.54) is 21.7 Å². The molecular weight excluding hydrogens is 166 g/mol. The van der Waals surface area contributed by atoms with Gasteiger partial charge in [0, 0.05) is 16.2 Å². The quantitative estimate of drug-likeness (QED) is 0.625. The van der Waals surface area contributed by atoms with Crippen molar-refractivity contribution in [1.82, 2.24) is 0 Å². The lowest BCUT2D eigenvalue weighted by Gasteiger charge is -1.99. The molecule has 1 aromatic rings. The maximum absolute atomic E-state index is 4.40. The van der Waals surface area contributed by atoms with Crippen LogP contribution in [0.25, 0.3) is 5.57 Å². The van der Waals surface area contributed by atoms with Gasteiger partial charge in [-0.05, 0) is 30.9 Å². The van der Waals surface area contributed by atoms with E-state index in [0.717, 1.165) is 6.54 Å². The van der Waals surface area contributed by atoms with E-state index in [-0.39, 0.29) is 0 Å². The molecule has 1 aliphatic rings. The van der Waals surface area contributed by atoms with Crippen LogP contribution in [0, 0.1) is 0 Å². The molecule has 0 spiro atoms. The molecule has 0 saturated heterocycles. The minimum absolute atomic E-state index is 0.888. The van der Waals surface area contributed by atoms with E-state index in [2.05, 4.69) is 36.4 Å². The highest BCUT2D eigenvalue weighted by Gasteiger charge is 2.14. The Balaban J connectivity index is 2.47. The van der Waals surface area contributed by atoms with E-state index in [1.807, 2.05) is 0 Å². The molecule has 0 radical (unpaired) electrons. The fourth-order valence-corrected chi connectivity index (χ4v) is 2.41. The summed E-state index contributed by atoms with van der Waals surface area (Å²) in [5.41, 5.74) is 3.95. The second-order valence-electron chi connectivity index (χ2n) is 3.03. The summed E-state index contributed by atoms with van der Waals surface area (Å²) in [6, 6.07) is 4.25. The molecule has 2 heterocycles. The van der Waals surface area contributed by atoms with Crippen molar-refractivity contribution in [2.24, 2.45) is 4.99 Å². The number of thiophene rings is 1. The number of rotatable bonds is 1. The van der Waals surface area contributed by atoms with Gasteiger partial charge in [0.25, 0.3) is 0 Å². The van der Waals surface area contributed by atoms with Crippen LogP contribution in [0.1, 0.15) is 18.7 Å². The first-order valence-corrected chi connectivity index (χ1v) is 4.92. The third kappa shape index (κ3) is 1.12. The van der Waals surface area contributed by atoms with Gasteiger partial charge < -0.3 is 0 Å². The second-order valence-corrected chi connectivity index (χ2v) is 3.98. The van der Waals surface area contributed by atoms with Crippen molar-refractivity contribution in [1.29, 1.82) is 0 Å². The Labute approximate surface area is 76.5 Å². The monoisotopic (exact) mass is 177 g/mol. The summed E-state index contributed by atoms with van der Waals surface area (Å²) in [6.07, 6.45) is 0. The number of aliphatic imine (C=N–C) groups is 1. The SMILES string of the molecule is CC1=NCC(C)=C1c1cccs1. The molecule has 0 aromatic carbocycles. The summed E-state index contributed by atoms with van der Waals surface area (Å²) in [4.78, 5) is 5.76. The zero-order valence-electron chi connectivity index (χ0n) is 7.29. The third-order valence-electron chi connectivity index (χ3n) is 2.11. The van der Waals surface area contributed by atoms with E-state index >= 15 is 0 Å². The molecule has 0 aliphatic carbocycles. The Morgan fingerprint density at radius 2 is 2.25 bits per heavy atom. The summed E-state index contributed by atoms with van der Waals surface area (Å²) in [5, 5.41) is 2.11. The van der Waals surface area contributed by atoms with Crippen molar-refractivity contribution in [3.63, 3.8) is 0 Å². The molecule has 0 bridgehead atoms. The predicted octanol–water partition coefficient (Wildman–Crippen LogP) is 3.00. The maximum atomic E-state index is 4.40. The van der Waals surface area contributed by atoms with E-state index in [1.54, 1.807) is 11.3 Å². The first-order valence-electron chi connectivity index (χ1n) is 4.04. The summed E-state index contributed by atoms with van der Waals surface area (Å²) >= 11 is 1.79. The summed E-state index contributed by atoms with van der Waals surface area (Å²) in [5.74, 6) is 0. The van der Waals surface area contributed by atoms with Crippen LogP contribution in [0.3, 0.4) is 0 Å². The minimum atomic E-state index is 0.888. The summed E-state index contributed by atoms with van der Waals surface area (Å²) in [7, 11) is 0. The fourth-order valence-electron chi connectivity index (χ4n) is 1.51. The van der Waals surface area contributed by atoms with Gasteiger partial charge >= 0.3 is 0 Å². The van der Waals surface area contributed by atoms with Gasteiger partial charge in [-0.1, -0.05) is 6.07 Å². The minimum Gasteiger partial charge on any atom is -0.285 e. The lowest BCUT2D eigenvalue weighted by molar-refractivity contribution is 1.18. The molecule has 2 heteroatoms. The standard InChI is InChI=1S/C10H11NS/c1-7-6-11-8(2)10(7)9-4-3-5-12-9/h3-5H,6H2,1-2H3. The molecule has 12 heavy (non-hydrogen) atoms. The molecule has 62 valence electrons. The Morgan fingerprint density at radius 1 is 1.42 bits per heavy atom. The van der Waals surface area contributed by atoms with E-state index in [0.29, 0.717) is 0 Å². The van der Waals surface area contributed by atoms with Crippen LogP contribution in [0.5, 0.6) is 0 Å². The smallest absolute Gasteiger partial charge is 0.0610 e. The van der Waals surface area contributed by atoms with Crippen LogP contribution in [0.2, 0.25) is 0 Å². The van der Waals surface area contributed by atoms with Gasteiger partial charge in [0.15, 0.2) is 0 Å². The molecular formula is C10H11NS. The van der Waals surface area contributed by atoms with Crippen LogP contribution in [-0.2, 0) is 0 Å². The first kappa shape index (κ1) is 7.74. The Kier molecular flexibility index (Phi) is 1.85. The largest absolute Gasteiger partial charge is 0.285 e. The average molecular weight is 177 g/mol. The molecule has 1 aliphatic heterocycles. The predicted molar refractivity (Wildman–Crippen MR) is 54.9 cm³/mol. The molecule has 1 aromatic heterocycles. The first-order chi connectivity index (χ1) is 5.79. The topological polar surface area (TPSA) is 12.4 Å². The highest BCUT2D eigenvalue weighted by molar-refractivity contribution is 7.11. The Bertz CT molecular complexity index is 344. The van der Waals surface area contributed by atoms with E-state index in [4.69, 9.17) is 0 Å². The number of allylic oxidation sites excluding steroid dienone is 1. The van der Waals surface area contributed by atoms with Gasteiger partial charge in [-0.3, -0.25) is 4.99 Å². The van der Waals surface area contributed by atoms with Crippen molar-refractivity contribution >= 4 is 22.6 Å². The number of nitrogens with zero attached hydrogens (tertiary/aromatic N) is 1. The molecule has 0 N–H and O–H groups in total. The average Bonchev–Trinajstić information content (AvgIpc) is 2.61. The molecule has 0 saturated carbocycles. The van der Waals surface area contributed by atoms with Gasteiger partial charge in [0.05, 0.1) is 6.54 Å². The van der Waals surface area contributed by atoms with Crippen molar-refractivity contribution in [3.05, 3.63) is 28.0 Å². The van der Waals surface area contributed by atoms with Crippen LogP contribution in [-0.4, -0.2) is 12.3 Å². The Morgan fingerprint density at radius 3 is 2.75 bits per heavy atom. The van der Waals surface area contributed by atoms with Gasteiger partial charge in [-0.15, -0.1) is 11.3 Å². The summed E-state index contributed by atoms with van der Waals surface area (Å²) in [6.45, 7) is 5.14. The number of hydrogen-bond acceptors (Lipinski definition) is 2. The molecule has 2 rings (SSSR count). The van der Waals surface area contributed by atoms with Crippen molar-refractivity contribution in [3.8, 4) is 0 Å². The van der Waals surface area contributed by atoms with Gasteiger partial charge in [0.1, 0.15) is 0 Å². The van der Waals surface area contributed by atoms with Crippen molar-refractivity contribution < 1.29 is 0 Å². The van der Waals surface area contributed by atoms with Crippen LogP contribution in [0.15, 0.2) is 28.1 Å². The third-order valence-corrected chi connectivity index (χ3v) is 3.00. The molecule has 0 unspecified atom stereocenters. The lowest BCUT2D eigenvalue weighted by atomic mass is 10.1. The van der Waals surface area contributed by atoms with Crippen LogP contribution < -0.4 is 0 Å². The Hall–Kier alpha value is -0.890. The second kappa shape index (κ2) is 2.87.